The lowest BCUT2D eigenvalue weighted by atomic mass is 9.96. The Balaban J connectivity index is 1.64. The van der Waals surface area contributed by atoms with E-state index in [0.29, 0.717) is 19.0 Å². The van der Waals surface area contributed by atoms with Gasteiger partial charge in [-0.05, 0) is 41.7 Å². The van der Waals surface area contributed by atoms with Gasteiger partial charge in [0.1, 0.15) is 5.75 Å². The summed E-state index contributed by atoms with van der Waals surface area (Å²) in [6.45, 7) is 5.18. The second-order valence-corrected chi connectivity index (χ2v) is 7.34. The number of ether oxygens (including phenoxy) is 1. The van der Waals surface area contributed by atoms with Crippen LogP contribution in [0, 0.1) is 5.92 Å². The molecule has 1 aliphatic heterocycles. The van der Waals surface area contributed by atoms with Crippen LogP contribution in [0.1, 0.15) is 43.7 Å². The van der Waals surface area contributed by atoms with Gasteiger partial charge in [-0.2, -0.15) is 0 Å². The fourth-order valence-corrected chi connectivity index (χ4v) is 3.56. The van der Waals surface area contributed by atoms with E-state index in [-0.39, 0.29) is 24.2 Å². The van der Waals surface area contributed by atoms with Gasteiger partial charge < -0.3 is 15.0 Å². The van der Waals surface area contributed by atoms with Crippen molar-refractivity contribution in [3.63, 3.8) is 0 Å². The third-order valence-electron chi connectivity index (χ3n) is 5.49. The van der Waals surface area contributed by atoms with Crippen LogP contribution in [0.25, 0.3) is 0 Å². The van der Waals surface area contributed by atoms with Crippen molar-refractivity contribution in [3.05, 3.63) is 59.7 Å². The van der Waals surface area contributed by atoms with Gasteiger partial charge in [-0.3, -0.25) is 9.59 Å². The maximum Gasteiger partial charge on any atom is 0.227 e. The van der Waals surface area contributed by atoms with E-state index in [4.69, 9.17) is 4.74 Å². The minimum absolute atomic E-state index is 0.0142. The Bertz CT molecular complexity index is 832. The summed E-state index contributed by atoms with van der Waals surface area (Å²) >= 11 is 0. The quantitative estimate of drug-likeness (QED) is 0.793. The molecule has 28 heavy (non-hydrogen) atoms. The first-order valence-electron chi connectivity index (χ1n) is 9.83. The van der Waals surface area contributed by atoms with E-state index in [9.17, 15) is 9.59 Å². The topological polar surface area (TPSA) is 58.6 Å². The predicted octanol–water partition coefficient (Wildman–Crippen LogP) is 3.88. The van der Waals surface area contributed by atoms with Gasteiger partial charge in [0.25, 0.3) is 0 Å². The second kappa shape index (κ2) is 8.91. The Hall–Kier alpha value is -2.82. The van der Waals surface area contributed by atoms with Crippen LogP contribution >= 0.6 is 0 Å². The maximum absolute atomic E-state index is 12.6. The third kappa shape index (κ3) is 4.35. The van der Waals surface area contributed by atoms with Gasteiger partial charge in [-0.1, -0.05) is 44.2 Å². The highest BCUT2D eigenvalue weighted by atomic mass is 16.5. The summed E-state index contributed by atoms with van der Waals surface area (Å²) in [6.07, 6.45) is 1.26. The number of nitrogens with one attached hydrogen (secondary N) is 1. The van der Waals surface area contributed by atoms with Crippen molar-refractivity contribution in [2.45, 2.75) is 39.2 Å². The number of hydrogen-bond donors (Lipinski definition) is 1. The number of amides is 2. The van der Waals surface area contributed by atoms with Gasteiger partial charge in [0.15, 0.2) is 0 Å². The largest absolute Gasteiger partial charge is 0.497 e. The molecule has 2 aromatic rings. The summed E-state index contributed by atoms with van der Waals surface area (Å²) < 4.78 is 5.15. The first-order chi connectivity index (χ1) is 13.5. The molecular formula is C23H28N2O3. The summed E-state index contributed by atoms with van der Waals surface area (Å²) in [6, 6.07) is 15.6. The minimum Gasteiger partial charge on any atom is -0.497 e. The molecule has 2 atom stereocenters. The van der Waals surface area contributed by atoms with Crippen molar-refractivity contribution in [3.8, 4) is 5.75 Å². The van der Waals surface area contributed by atoms with Crippen molar-refractivity contribution in [2.75, 3.05) is 18.6 Å². The molecule has 5 nitrogen and oxygen atoms in total. The van der Waals surface area contributed by atoms with Gasteiger partial charge in [-0.15, -0.1) is 0 Å². The molecule has 0 spiro atoms. The minimum atomic E-state index is -0.323. The molecule has 3 rings (SSSR count). The van der Waals surface area contributed by atoms with Crippen LogP contribution in [0.5, 0.6) is 5.75 Å². The molecular weight excluding hydrogens is 352 g/mol. The number of hydrogen-bond acceptors (Lipinski definition) is 3. The molecule has 0 saturated carbocycles. The van der Waals surface area contributed by atoms with Crippen LogP contribution < -0.4 is 15.0 Å². The molecule has 0 unspecified atom stereocenters. The Morgan fingerprint density at radius 1 is 1.21 bits per heavy atom. The SMILES string of the molecule is CC[C@@H](C)c1ccccc1N1C[C@@H](C(=O)NCc2ccc(OC)cc2)CC1=O. The molecule has 2 amide bonds. The standard InChI is InChI=1S/C23H28N2O3/c1-4-16(2)20-7-5-6-8-21(20)25-15-18(13-22(25)26)23(27)24-14-17-9-11-19(28-3)12-10-17/h5-12,16,18H,4,13-15H2,1-3H3,(H,24,27)/t16-,18+/m1/s1. The first-order valence-corrected chi connectivity index (χ1v) is 9.83. The van der Waals surface area contributed by atoms with E-state index in [0.717, 1.165) is 29.0 Å². The molecule has 5 heteroatoms. The van der Waals surface area contributed by atoms with Crippen molar-refractivity contribution < 1.29 is 14.3 Å². The van der Waals surface area contributed by atoms with Gasteiger partial charge in [0.2, 0.25) is 11.8 Å². The Kier molecular flexibility index (Phi) is 6.34. The molecule has 2 aromatic carbocycles. The van der Waals surface area contributed by atoms with Crippen molar-refractivity contribution in [2.24, 2.45) is 5.92 Å². The summed E-state index contributed by atoms with van der Waals surface area (Å²) in [7, 11) is 1.62. The number of para-hydroxylation sites is 1. The van der Waals surface area contributed by atoms with Gasteiger partial charge >= 0.3 is 0 Å². The Morgan fingerprint density at radius 2 is 1.93 bits per heavy atom. The van der Waals surface area contributed by atoms with Crippen molar-refractivity contribution >= 4 is 17.5 Å². The Labute approximate surface area is 166 Å². The van der Waals surface area contributed by atoms with Crippen LogP contribution in [0.15, 0.2) is 48.5 Å². The molecule has 0 radical (unpaired) electrons. The lowest BCUT2D eigenvalue weighted by Gasteiger charge is -2.23. The number of benzene rings is 2. The zero-order valence-corrected chi connectivity index (χ0v) is 16.8. The van der Waals surface area contributed by atoms with Crippen LogP contribution in [-0.4, -0.2) is 25.5 Å². The van der Waals surface area contributed by atoms with Gasteiger partial charge in [0.05, 0.1) is 13.0 Å². The summed E-state index contributed by atoms with van der Waals surface area (Å²) in [5.41, 5.74) is 3.10. The summed E-state index contributed by atoms with van der Waals surface area (Å²) in [5, 5.41) is 2.96. The highest BCUT2D eigenvalue weighted by Crippen LogP contribution is 2.33. The fourth-order valence-electron chi connectivity index (χ4n) is 3.56. The highest BCUT2D eigenvalue weighted by molar-refractivity contribution is 6.00. The number of methoxy groups -OCH3 is 1. The molecule has 0 aromatic heterocycles. The predicted molar refractivity (Wildman–Crippen MR) is 110 cm³/mol. The van der Waals surface area contributed by atoms with E-state index in [1.165, 1.54) is 0 Å². The summed E-state index contributed by atoms with van der Waals surface area (Å²) in [4.78, 5) is 27.0. The second-order valence-electron chi connectivity index (χ2n) is 7.34. The molecule has 148 valence electrons. The van der Waals surface area contributed by atoms with Crippen molar-refractivity contribution in [1.82, 2.24) is 5.32 Å². The fraction of sp³-hybridized carbons (Fsp3) is 0.391. The molecule has 1 fully saturated rings. The molecule has 1 saturated heterocycles. The van der Waals surface area contributed by atoms with E-state index < -0.39 is 0 Å². The van der Waals surface area contributed by atoms with Crippen molar-refractivity contribution in [1.29, 1.82) is 0 Å². The van der Waals surface area contributed by atoms with Crippen LogP contribution in [0.3, 0.4) is 0 Å². The van der Waals surface area contributed by atoms with E-state index in [1.807, 2.05) is 42.5 Å². The Morgan fingerprint density at radius 3 is 2.61 bits per heavy atom. The van der Waals surface area contributed by atoms with E-state index in [1.54, 1.807) is 12.0 Å². The number of rotatable bonds is 7. The average molecular weight is 380 g/mol. The number of carbonyl (C=O) groups is 2. The maximum atomic E-state index is 12.6. The number of nitrogens with zero attached hydrogens (tertiary/aromatic N) is 1. The molecule has 0 bridgehead atoms. The number of carbonyl (C=O) groups excluding carboxylic acids is 2. The lowest BCUT2D eigenvalue weighted by Crippen LogP contribution is -2.32. The zero-order valence-electron chi connectivity index (χ0n) is 16.8. The smallest absolute Gasteiger partial charge is 0.227 e. The molecule has 0 aliphatic carbocycles. The lowest BCUT2D eigenvalue weighted by molar-refractivity contribution is -0.126. The average Bonchev–Trinajstić information content (AvgIpc) is 3.13. The van der Waals surface area contributed by atoms with Crippen LogP contribution in [-0.2, 0) is 16.1 Å². The van der Waals surface area contributed by atoms with Crippen LogP contribution in [0.2, 0.25) is 0 Å². The molecule has 1 heterocycles. The van der Waals surface area contributed by atoms with Gasteiger partial charge in [-0.25, -0.2) is 0 Å². The zero-order chi connectivity index (χ0) is 20.1. The normalized spacial score (nSPS) is 17.5. The highest BCUT2D eigenvalue weighted by Gasteiger charge is 2.36. The van der Waals surface area contributed by atoms with E-state index >= 15 is 0 Å². The third-order valence-corrected chi connectivity index (χ3v) is 5.49. The first kappa shape index (κ1) is 19.9. The molecule has 1 N–H and O–H groups in total. The van der Waals surface area contributed by atoms with Gasteiger partial charge in [0, 0.05) is 25.2 Å². The van der Waals surface area contributed by atoms with Crippen LogP contribution in [0.4, 0.5) is 5.69 Å². The van der Waals surface area contributed by atoms with E-state index in [2.05, 4.69) is 25.2 Å². The monoisotopic (exact) mass is 380 g/mol. The number of anilines is 1. The molecule has 1 aliphatic rings. The summed E-state index contributed by atoms with van der Waals surface area (Å²) in [5.74, 6) is 0.766.